The van der Waals surface area contributed by atoms with Crippen molar-refractivity contribution in [1.82, 2.24) is 13.9 Å². The molecule has 0 aliphatic carbocycles. The maximum atomic E-state index is 13.0. The van der Waals surface area contributed by atoms with Crippen molar-refractivity contribution in [2.75, 3.05) is 14.1 Å². The van der Waals surface area contributed by atoms with Gasteiger partial charge in [0.25, 0.3) is 5.56 Å². The first-order valence-electron chi connectivity index (χ1n) is 8.68. The molecule has 0 unspecified atom stereocenters. The summed E-state index contributed by atoms with van der Waals surface area (Å²) in [6, 6.07) is 8.94. The van der Waals surface area contributed by atoms with E-state index in [-0.39, 0.29) is 30.3 Å². The van der Waals surface area contributed by atoms with Crippen molar-refractivity contribution >= 4 is 17.4 Å². The summed E-state index contributed by atoms with van der Waals surface area (Å²) >= 11 is 0. The lowest BCUT2D eigenvalue weighted by Gasteiger charge is -2.14. The van der Waals surface area contributed by atoms with Crippen molar-refractivity contribution in [3.8, 4) is 5.75 Å². The number of nitrogens with zero attached hydrogens (tertiary/aromatic N) is 3. The Bertz CT molecular complexity index is 1190. The molecule has 150 valence electrons. The minimum atomic E-state index is -1.43. The summed E-state index contributed by atoms with van der Waals surface area (Å²) < 4.78 is 7.98. The average molecular weight is 397 g/mol. The highest BCUT2D eigenvalue weighted by Crippen LogP contribution is 2.15. The van der Waals surface area contributed by atoms with Crippen molar-refractivity contribution < 1.29 is 19.4 Å². The molecule has 0 saturated carbocycles. The number of pyridine rings is 1. The van der Waals surface area contributed by atoms with Crippen LogP contribution in [0.3, 0.4) is 0 Å². The van der Waals surface area contributed by atoms with Crippen LogP contribution in [0.4, 0.5) is 0 Å². The van der Waals surface area contributed by atoms with E-state index in [9.17, 15) is 24.3 Å². The van der Waals surface area contributed by atoms with Gasteiger partial charge in [0, 0.05) is 32.7 Å². The molecule has 0 spiro atoms. The Morgan fingerprint density at radius 1 is 1.10 bits per heavy atom. The van der Waals surface area contributed by atoms with Crippen LogP contribution in [0.1, 0.15) is 15.9 Å². The molecular formula is C20H19N3O6. The number of carbonyl (C=O) groups excluding carboxylic acids is 1. The van der Waals surface area contributed by atoms with Crippen molar-refractivity contribution in [2.45, 2.75) is 13.2 Å². The first-order chi connectivity index (χ1) is 13.8. The van der Waals surface area contributed by atoms with Crippen LogP contribution in [-0.2, 0) is 17.9 Å². The van der Waals surface area contributed by atoms with Crippen LogP contribution in [0, 0.1) is 0 Å². The van der Waals surface area contributed by atoms with Gasteiger partial charge in [-0.3, -0.25) is 14.4 Å². The quantitative estimate of drug-likeness (QED) is 0.660. The molecular weight excluding hydrogens is 378 g/mol. The zero-order chi connectivity index (χ0) is 21.1. The summed E-state index contributed by atoms with van der Waals surface area (Å²) in [7, 11) is 3.12. The van der Waals surface area contributed by atoms with E-state index in [1.54, 1.807) is 38.4 Å². The van der Waals surface area contributed by atoms with Crippen molar-refractivity contribution in [2.24, 2.45) is 0 Å². The number of hydrogen-bond acceptors (Lipinski definition) is 5. The van der Waals surface area contributed by atoms with Gasteiger partial charge in [0.15, 0.2) is 11.3 Å². The molecule has 2 aromatic heterocycles. The molecule has 0 aliphatic heterocycles. The van der Waals surface area contributed by atoms with E-state index >= 15 is 0 Å². The van der Waals surface area contributed by atoms with Gasteiger partial charge >= 0.3 is 5.97 Å². The molecule has 0 saturated heterocycles. The van der Waals surface area contributed by atoms with Crippen LogP contribution in [-0.4, -0.2) is 44.9 Å². The van der Waals surface area contributed by atoms with Crippen LogP contribution < -0.4 is 15.7 Å². The highest BCUT2D eigenvalue weighted by Gasteiger charge is 2.21. The molecule has 2 heterocycles. The number of rotatable bonds is 6. The fraction of sp³-hybridized carbons (Fsp3) is 0.200. The van der Waals surface area contributed by atoms with Gasteiger partial charge in [-0.1, -0.05) is 30.3 Å². The van der Waals surface area contributed by atoms with E-state index in [0.29, 0.717) is 0 Å². The summed E-state index contributed by atoms with van der Waals surface area (Å²) in [4.78, 5) is 50.4. The first-order valence-corrected chi connectivity index (χ1v) is 8.68. The van der Waals surface area contributed by atoms with E-state index in [1.165, 1.54) is 21.7 Å². The molecule has 1 amide bonds. The number of benzene rings is 1. The Hall–Kier alpha value is -3.88. The third-order valence-corrected chi connectivity index (χ3v) is 4.32. The zero-order valence-corrected chi connectivity index (χ0v) is 15.9. The molecule has 3 rings (SSSR count). The lowest BCUT2D eigenvalue weighted by molar-refractivity contribution is -0.129. The Morgan fingerprint density at radius 2 is 1.79 bits per heavy atom. The fourth-order valence-corrected chi connectivity index (χ4v) is 2.72. The zero-order valence-electron chi connectivity index (χ0n) is 15.9. The van der Waals surface area contributed by atoms with Crippen molar-refractivity contribution in [3.05, 3.63) is 80.6 Å². The monoisotopic (exact) mass is 397 g/mol. The van der Waals surface area contributed by atoms with Crippen molar-refractivity contribution in [1.29, 1.82) is 0 Å². The molecule has 0 fully saturated rings. The maximum Gasteiger partial charge on any atom is 0.341 e. The summed E-state index contributed by atoms with van der Waals surface area (Å²) in [5, 5.41) is 9.34. The van der Waals surface area contributed by atoms with Gasteiger partial charge in [-0.2, -0.15) is 0 Å². The molecule has 0 atom stereocenters. The minimum Gasteiger partial charge on any atom is -0.483 e. The van der Waals surface area contributed by atoms with Crippen molar-refractivity contribution in [3.63, 3.8) is 0 Å². The van der Waals surface area contributed by atoms with Crippen LogP contribution in [0.25, 0.3) is 5.52 Å². The average Bonchev–Trinajstić information content (AvgIpc) is 2.69. The number of aromatic carboxylic acids is 1. The SMILES string of the molecule is CN(C)C(=O)Cn1ccn2cc(C(=O)O)c(=O)c(OCc3ccccc3)c2c1=O. The molecule has 0 bridgehead atoms. The Kier molecular flexibility index (Phi) is 5.49. The molecule has 9 nitrogen and oxygen atoms in total. The van der Waals surface area contributed by atoms with Crippen LogP contribution >= 0.6 is 0 Å². The number of amides is 1. The second kappa shape index (κ2) is 8.01. The first kappa shape index (κ1) is 19.9. The largest absolute Gasteiger partial charge is 0.483 e. The molecule has 0 aliphatic rings. The fourth-order valence-electron chi connectivity index (χ4n) is 2.72. The van der Waals surface area contributed by atoms with Gasteiger partial charge in [0.2, 0.25) is 11.3 Å². The van der Waals surface area contributed by atoms with Gasteiger partial charge in [0.05, 0.1) is 0 Å². The normalized spacial score (nSPS) is 10.7. The number of carboxylic acid groups (broad SMARTS) is 1. The number of ether oxygens (including phenoxy) is 1. The third-order valence-electron chi connectivity index (χ3n) is 4.32. The Labute approximate surface area is 165 Å². The number of likely N-dealkylation sites (N-methyl/N-ethyl adjacent to an activating group) is 1. The summed E-state index contributed by atoms with van der Waals surface area (Å²) in [6.45, 7) is -0.255. The summed E-state index contributed by atoms with van der Waals surface area (Å²) in [5.74, 6) is -2.11. The highest BCUT2D eigenvalue weighted by atomic mass is 16.5. The number of hydrogen-bond donors (Lipinski definition) is 1. The summed E-state index contributed by atoms with van der Waals surface area (Å²) in [6.07, 6.45) is 3.82. The van der Waals surface area contributed by atoms with E-state index in [0.717, 1.165) is 16.3 Å². The molecule has 1 N–H and O–H groups in total. The highest BCUT2D eigenvalue weighted by molar-refractivity contribution is 5.88. The van der Waals surface area contributed by atoms with E-state index < -0.39 is 22.5 Å². The molecule has 1 aromatic carbocycles. The molecule has 29 heavy (non-hydrogen) atoms. The van der Waals surface area contributed by atoms with Crippen LogP contribution in [0.5, 0.6) is 5.75 Å². The maximum absolute atomic E-state index is 13.0. The number of fused-ring (bicyclic) bond motifs is 1. The van der Waals surface area contributed by atoms with E-state index in [1.807, 2.05) is 6.07 Å². The molecule has 0 radical (unpaired) electrons. The Morgan fingerprint density at radius 3 is 2.41 bits per heavy atom. The van der Waals surface area contributed by atoms with Gasteiger partial charge in [-0.25, -0.2) is 4.79 Å². The third kappa shape index (κ3) is 4.03. The van der Waals surface area contributed by atoms with E-state index in [4.69, 9.17) is 4.74 Å². The lowest BCUT2D eigenvalue weighted by Crippen LogP contribution is -2.33. The second-order valence-corrected chi connectivity index (χ2v) is 6.56. The minimum absolute atomic E-state index is 0.0280. The van der Waals surface area contributed by atoms with Gasteiger partial charge in [0.1, 0.15) is 18.7 Å². The number of carboxylic acids is 1. The van der Waals surface area contributed by atoms with Crippen LogP contribution in [0.15, 0.2) is 58.5 Å². The number of aromatic nitrogens is 2. The Balaban J connectivity index is 2.17. The van der Waals surface area contributed by atoms with Gasteiger partial charge in [-0.05, 0) is 5.56 Å². The number of carbonyl (C=O) groups is 2. The molecule has 9 heteroatoms. The van der Waals surface area contributed by atoms with Gasteiger partial charge in [-0.15, -0.1) is 0 Å². The van der Waals surface area contributed by atoms with Gasteiger partial charge < -0.3 is 23.7 Å². The predicted octanol–water partition coefficient (Wildman–Crippen LogP) is 0.827. The molecule has 3 aromatic rings. The summed E-state index contributed by atoms with van der Waals surface area (Å²) in [5.41, 5.74) is -1.45. The smallest absolute Gasteiger partial charge is 0.341 e. The predicted molar refractivity (Wildman–Crippen MR) is 104 cm³/mol. The van der Waals surface area contributed by atoms with E-state index in [2.05, 4.69) is 0 Å². The topological polar surface area (TPSA) is 110 Å². The van der Waals surface area contributed by atoms with Crippen LogP contribution in [0.2, 0.25) is 0 Å². The standard InChI is InChI=1S/C20H19N3O6/c1-21(2)15(24)11-23-9-8-22-10-14(20(27)28)17(25)18(16(22)19(23)26)29-12-13-6-4-3-5-7-13/h3-10H,11-12H2,1-2H3,(H,27,28). The lowest BCUT2D eigenvalue weighted by atomic mass is 10.2. The second-order valence-electron chi connectivity index (χ2n) is 6.56.